The predicted octanol–water partition coefficient (Wildman–Crippen LogP) is 2.54. The molecule has 0 spiro atoms. The van der Waals surface area contributed by atoms with E-state index in [9.17, 15) is 0 Å². The summed E-state index contributed by atoms with van der Waals surface area (Å²) in [5.74, 6) is 2.19. The van der Waals surface area contributed by atoms with Crippen molar-refractivity contribution in [3.63, 3.8) is 0 Å². The summed E-state index contributed by atoms with van der Waals surface area (Å²) in [4.78, 5) is 4.63. The minimum atomic E-state index is 0.586. The van der Waals surface area contributed by atoms with Crippen LogP contribution in [0.2, 0.25) is 0 Å². The van der Waals surface area contributed by atoms with Crippen molar-refractivity contribution in [2.45, 2.75) is 43.4 Å². The highest BCUT2D eigenvalue weighted by Crippen LogP contribution is 2.39. The lowest BCUT2D eigenvalue weighted by molar-refractivity contribution is 0.456. The molecule has 3 rings (SSSR count). The van der Waals surface area contributed by atoms with Gasteiger partial charge in [-0.15, -0.1) is 0 Å². The molecule has 2 atom stereocenters. The van der Waals surface area contributed by atoms with Crippen molar-refractivity contribution in [3.8, 4) is 0 Å². The zero-order chi connectivity index (χ0) is 10.8. The highest BCUT2D eigenvalue weighted by molar-refractivity contribution is 7.99. The Morgan fingerprint density at radius 1 is 1.44 bits per heavy atom. The Hall–Kier alpha value is -0.480. The molecule has 0 radical (unpaired) electrons. The van der Waals surface area contributed by atoms with Crippen LogP contribution in [0, 0.1) is 0 Å². The van der Waals surface area contributed by atoms with Gasteiger partial charge in [0, 0.05) is 12.5 Å². The Bertz CT molecular complexity index is 341. The second-order valence-electron chi connectivity index (χ2n) is 4.67. The van der Waals surface area contributed by atoms with Crippen LogP contribution in [0.5, 0.6) is 0 Å². The summed E-state index contributed by atoms with van der Waals surface area (Å²) in [5.41, 5.74) is 1.16. The van der Waals surface area contributed by atoms with Gasteiger partial charge in [-0.25, -0.2) is 4.98 Å². The van der Waals surface area contributed by atoms with Crippen molar-refractivity contribution < 1.29 is 4.42 Å². The Morgan fingerprint density at radius 2 is 2.44 bits per heavy atom. The highest BCUT2D eigenvalue weighted by Gasteiger charge is 2.22. The van der Waals surface area contributed by atoms with Crippen molar-refractivity contribution in [1.29, 1.82) is 0 Å². The van der Waals surface area contributed by atoms with Crippen LogP contribution in [0.3, 0.4) is 0 Å². The third-order valence-electron chi connectivity index (χ3n) is 3.41. The van der Waals surface area contributed by atoms with Gasteiger partial charge in [0.1, 0.15) is 6.26 Å². The van der Waals surface area contributed by atoms with Crippen molar-refractivity contribution in [2.75, 3.05) is 12.3 Å². The molecule has 4 heteroatoms. The smallest absolute Gasteiger partial charge is 0.195 e. The van der Waals surface area contributed by atoms with E-state index < -0.39 is 0 Å². The molecule has 88 valence electrons. The van der Waals surface area contributed by atoms with Gasteiger partial charge in [-0.2, -0.15) is 11.8 Å². The molecule has 2 aliphatic heterocycles. The second kappa shape index (κ2) is 4.80. The maximum Gasteiger partial charge on any atom is 0.195 e. The summed E-state index contributed by atoms with van der Waals surface area (Å²) < 4.78 is 5.57. The van der Waals surface area contributed by atoms with Crippen LogP contribution >= 0.6 is 11.8 Å². The minimum absolute atomic E-state index is 0.586. The molecule has 2 aliphatic rings. The molecule has 0 saturated carbocycles. The standard InChI is InChI=1S/C12H18N2OS/c1-3-9(13-5-1)7-12-14-10(8-15-12)11-4-2-6-16-11/h8-9,11,13H,1-7H2. The average Bonchev–Trinajstić information content (AvgIpc) is 2.99. The first-order valence-electron chi connectivity index (χ1n) is 6.21. The number of oxazole rings is 1. The molecule has 1 N–H and O–H groups in total. The largest absolute Gasteiger partial charge is 0.449 e. The van der Waals surface area contributed by atoms with Crippen molar-refractivity contribution in [3.05, 3.63) is 17.8 Å². The van der Waals surface area contributed by atoms with Gasteiger partial charge in [0.15, 0.2) is 5.89 Å². The lowest BCUT2D eigenvalue weighted by Crippen LogP contribution is -2.23. The van der Waals surface area contributed by atoms with Gasteiger partial charge in [-0.3, -0.25) is 0 Å². The summed E-state index contributed by atoms with van der Waals surface area (Å²) >= 11 is 2.01. The Kier molecular flexibility index (Phi) is 3.20. The molecule has 1 aromatic rings. The number of thioether (sulfide) groups is 1. The number of hydrogen-bond acceptors (Lipinski definition) is 4. The van der Waals surface area contributed by atoms with Gasteiger partial charge in [0.05, 0.1) is 10.9 Å². The molecule has 16 heavy (non-hydrogen) atoms. The lowest BCUT2D eigenvalue weighted by atomic mass is 10.1. The Labute approximate surface area is 100 Å². The molecule has 0 aliphatic carbocycles. The molecule has 3 heterocycles. The SMILES string of the molecule is c1oc(CC2CCCN2)nc1C1CCCS1. The van der Waals surface area contributed by atoms with Crippen LogP contribution in [0.4, 0.5) is 0 Å². The topological polar surface area (TPSA) is 38.1 Å². The summed E-state index contributed by atoms with van der Waals surface area (Å²) in [5, 5.41) is 4.07. The number of aromatic nitrogens is 1. The number of nitrogens with zero attached hydrogens (tertiary/aromatic N) is 1. The highest BCUT2D eigenvalue weighted by atomic mass is 32.2. The van der Waals surface area contributed by atoms with Crippen molar-refractivity contribution in [1.82, 2.24) is 10.3 Å². The van der Waals surface area contributed by atoms with Gasteiger partial charge in [0.25, 0.3) is 0 Å². The fourth-order valence-electron chi connectivity index (χ4n) is 2.52. The average molecular weight is 238 g/mol. The van der Waals surface area contributed by atoms with Crippen molar-refractivity contribution >= 4 is 11.8 Å². The maximum absolute atomic E-state index is 5.57. The molecule has 0 aromatic carbocycles. The molecule has 3 nitrogen and oxygen atoms in total. The molecule has 0 amide bonds. The van der Waals surface area contributed by atoms with Crippen molar-refractivity contribution in [2.24, 2.45) is 0 Å². The van der Waals surface area contributed by atoms with Crippen LogP contribution in [-0.2, 0) is 6.42 Å². The number of hydrogen-bond donors (Lipinski definition) is 1. The van der Waals surface area contributed by atoms with Gasteiger partial charge >= 0.3 is 0 Å². The molecular weight excluding hydrogens is 220 g/mol. The van der Waals surface area contributed by atoms with Crippen LogP contribution in [0.1, 0.15) is 42.5 Å². The first-order chi connectivity index (χ1) is 7.92. The van der Waals surface area contributed by atoms with Gasteiger partial charge < -0.3 is 9.73 Å². The summed E-state index contributed by atoms with van der Waals surface area (Å²) in [6.45, 7) is 1.15. The molecule has 2 fully saturated rings. The summed E-state index contributed by atoms with van der Waals surface area (Å²) in [6.07, 6.45) is 7.96. The third-order valence-corrected chi connectivity index (χ3v) is 4.82. The molecular formula is C12H18N2OS. The van der Waals surface area contributed by atoms with E-state index in [0.717, 1.165) is 24.6 Å². The maximum atomic E-state index is 5.57. The monoisotopic (exact) mass is 238 g/mol. The van der Waals surface area contributed by atoms with Crippen LogP contribution in [0.25, 0.3) is 0 Å². The summed E-state index contributed by atoms with van der Waals surface area (Å²) in [7, 11) is 0. The quantitative estimate of drug-likeness (QED) is 0.878. The van der Waals surface area contributed by atoms with Crippen LogP contribution in [0.15, 0.2) is 10.7 Å². The van der Waals surface area contributed by atoms with Crippen LogP contribution < -0.4 is 5.32 Å². The first-order valence-corrected chi connectivity index (χ1v) is 7.26. The van der Waals surface area contributed by atoms with E-state index in [2.05, 4.69) is 10.3 Å². The lowest BCUT2D eigenvalue weighted by Gasteiger charge is -2.05. The van der Waals surface area contributed by atoms with E-state index in [1.54, 1.807) is 0 Å². The van der Waals surface area contributed by atoms with Gasteiger partial charge in [-0.1, -0.05) is 0 Å². The molecule has 0 bridgehead atoms. The van der Waals surface area contributed by atoms with E-state index in [4.69, 9.17) is 4.42 Å². The van der Waals surface area contributed by atoms with E-state index in [1.807, 2.05) is 18.0 Å². The van der Waals surface area contributed by atoms with E-state index in [0.29, 0.717) is 11.3 Å². The minimum Gasteiger partial charge on any atom is -0.449 e. The Morgan fingerprint density at radius 3 is 3.19 bits per heavy atom. The molecule has 2 saturated heterocycles. The number of nitrogens with one attached hydrogen (secondary N) is 1. The van der Waals surface area contributed by atoms with E-state index >= 15 is 0 Å². The van der Waals surface area contributed by atoms with E-state index in [-0.39, 0.29) is 0 Å². The zero-order valence-corrected chi connectivity index (χ0v) is 10.3. The normalized spacial score (nSPS) is 30.0. The zero-order valence-electron chi connectivity index (χ0n) is 9.45. The number of rotatable bonds is 3. The fraction of sp³-hybridized carbons (Fsp3) is 0.750. The fourth-order valence-corrected chi connectivity index (χ4v) is 3.75. The Balaban J connectivity index is 1.62. The van der Waals surface area contributed by atoms with Crippen LogP contribution in [-0.4, -0.2) is 23.3 Å². The van der Waals surface area contributed by atoms with E-state index in [1.165, 1.54) is 31.4 Å². The summed E-state index contributed by atoms with van der Waals surface area (Å²) in [6, 6.07) is 0.586. The second-order valence-corrected chi connectivity index (χ2v) is 5.98. The predicted molar refractivity (Wildman–Crippen MR) is 65.7 cm³/mol. The third kappa shape index (κ3) is 2.28. The van der Waals surface area contributed by atoms with Gasteiger partial charge in [-0.05, 0) is 38.0 Å². The molecule has 2 unspecified atom stereocenters. The first kappa shape index (κ1) is 10.7. The van der Waals surface area contributed by atoms with Gasteiger partial charge in [0.2, 0.25) is 0 Å². The molecule has 1 aromatic heterocycles.